The van der Waals surface area contributed by atoms with E-state index in [1.807, 2.05) is 11.6 Å². The molecule has 0 saturated heterocycles. The fraction of sp³-hybridized carbons (Fsp3) is 0.727. The molecule has 1 aromatic rings. The van der Waals surface area contributed by atoms with Crippen molar-refractivity contribution in [2.24, 2.45) is 0 Å². The van der Waals surface area contributed by atoms with Crippen LogP contribution in [0.1, 0.15) is 38.2 Å². The van der Waals surface area contributed by atoms with Crippen LogP contribution >= 0.6 is 11.3 Å². The Morgan fingerprint density at radius 2 is 2.07 bits per heavy atom. The van der Waals surface area contributed by atoms with Gasteiger partial charge < -0.3 is 10.6 Å². The van der Waals surface area contributed by atoms with E-state index in [-0.39, 0.29) is 0 Å². The van der Waals surface area contributed by atoms with Crippen LogP contribution in [0.25, 0.3) is 0 Å². The first-order chi connectivity index (χ1) is 7.24. The van der Waals surface area contributed by atoms with Crippen molar-refractivity contribution in [3.05, 3.63) is 16.6 Å². The van der Waals surface area contributed by atoms with Gasteiger partial charge in [0, 0.05) is 30.7 Å². The Labute approximate surface area is 96.3 Å². The molecule has 4 heteroatoms. The standard InChI is InChI=1S/C11H21N3S/c1-4-9(2)12-5-6-13-10(3)11-14-7-8-15-11/h7-10,12-13H,4-6H2,1-3H3. The van der Waals surface area contributed by atoms with E-state index in [9.17, 15) is 0 Å². The average molecular weight is 227 g/mol. The summed E-state index contributed by atoms with van der Waals surface area (Å²) in [5.74, 6) is 0. The molecule has 0 aliphatic carbocycles. The van der Waals surface area contributed by atoms with E-state index in [0.717, 1.165) is 13.1 Å². The predicted molar refractivity (Wildman–Crippen MR) is 66.3 cm³/mol. The molecular weight excluding hydrogens is 206 g/mol. The Balaban J connectivity index is 2.10. The van der Waals surface area contributed by atoms with E-state index in [4.69, 9.17) is 0 Å². The molecule has 1 rings (SSSR count). The second kappa shape index (κ2) is 6.93. The minimum atomic E-state index is 0.365. The molecule has 0 bridgehead atoms. The molecule has 3 nitrogen and oxygen atoms in total. The smallest absolute Gasteiger partial charge is 0.109 e. The molecule has 2 N–H and O–H groups in total. The van der Waals surface area contributed by atoms with Gasteiger partial charge in [-0.1, -0.05) is 6.92 Å². The van der Waals surface area contributed by atoms with Gasteiger partial charge in [-0.05, 0) is 20.3 Å². The summed E-state index contributed by atoms with van der Waals surface area (Å²) in [5, 5.41) is 10.1. The average Bonchev–Trinajstić information content (AvgIpc) is 2.77. The van der Waals surface area contributed by atoms with E-state index >= 15 is 0 Å². The molecule has 1 aromatic heterocycles. The van der Waals surface area contributed by atoms with E-state index in [1.54, 1.807) is 11.3 Å². The van der Waals surface area contributed by atoms with E-state index in [0.29, 0.717) is 12.1 Å². The highest BCUT2D eigenvalue weighted by Gasteiger charge is 2.06. The van der Waals surface area contributed by atoms with E-state index in [1.165, 1.54) is 11.4 Å². The summed E-state index contributed by atoms with van der Waals surface area (Å²) in [6.45, 7) is 8.57. The summed E-state index contributed by atoms with van der Waals surface area (Å²) in [6, 6.07) is 0.978. The monoisotopic (exact) mass is 227 g/mol. The lowest BCUT2D eigenvalue weighted by atomic mass is 10.2. The molecule has 2 unspecified atom stereocenters. The number of hydrogen-bond acceptors (Lipinski definition) is 4. The zero-order valence-electron chi connectivity index (χ0n) is 9.79. The first kappa shape index (κ1) is 12.6. The molecule has 0 radical (unpaired) electrons. The van der Waals surface area contributed by atoms with Gasteiger partial charge in [-0.25, -0.2) is 4.98 Å². The van der Waals surface area contributed by atoms with E-state index < -0.39 is 0 Å². The Morgan fingerprint density at radius 3 is 2.67 bits per heavy atom. The number of rotatable bonds is 7. The summed E-state index contributed by atoms with van der Waals surface area (Å²) < 4.78 is 0. The van der Waals surface area contributed by atoms with Gasteiger partial charge in [0.1, 0.15) is 5.01 Å². The van der Waals surface area contributed by atoms with Crippen molar-refractivity contribution in [3.63, 3.8) is 0 Å². The van der Waals surface area contributed by atoms with Crippen molar-refractivity contribution in [1.29, 1.82) is 0 Å². The van der Waals surface area contributed by atoms with Crippen LogP contribution in [0.5, 0.6) is 0 Å². The molecule has 15 heavy (non-hydrogen) atoms. The number of nitrogens with zero attached hydrogens (tertiary/aromatic N) is 1. The van der Waals surface area contributed by atoms with Crippen molar-refractivity contribution in [2.75, 3.05) is 13.1 Å². The van der Waals surface area contributed by atoms with Gasteiger partial charge >= 0.3 is 0 Å². The topological polar surface area (TPSA) is 37.0 Å². The molecule has 0 fully saturated rings. The van der Waals surface area contributed by atoms with Crippen LogP contribution in [0, 0.1) is 0 Å². The van der Waals surface area contributed by atoms with Crippen LogP contribution in [0.4, 0.5) is 0 Å². The maximum Gasteiger partial charge on any atom is 0.109 e. The fourth-order valence-corrected chi connectivity index (χ4v) is 1.96. The quantitative estimate of drug-likeness (QED) is 0.701. The minimum Gasteiger partial charge on any atom is -0.313 e. The Morgan fingerprint density at radius 1 is 1.33 bits per heavy atom. The van der Waals surface area contributed by atoms with Crippen molar-refractivity contribution in [3.8, 4) is 0 Å². The number of hydrogen-bond donors (Lipinski definition) is 2. The van der Waals surface area contributed by atoms with Crippen molar-refractivity contribution < 1.29 is 0 Å². The third-order valence-electron chi connectivity index (χ3n) is 2.50. The summed E-state index contributed by atoms with van der Waals surface area (Å²) in [6.07, 6.45) is 3.04. The minimum absolute atomic E-state index is 0.365. The molecular formula is C11H21N3S. The van der Waals surface area contributed by atoms with Crippen LogP contribution in [0.15, 0.2) is 11.6 Å². The van der Waals surface area contributed by atoms with E-state index in [2.05, 4.69) is 36.4 Å². The zero-order valence-corrected chi connectivity index (χ0v) is 10.6. The van der Waals surface area contributed by atoms with Gasteiger partial charge in [0.05, 0.1) is 6.04 Å². The van der Waals surface area contributed by atoms with Crippen molar-refractivity contribution in [1.82, 2.24) is 15.6 Å². The molecule has 0 spiro atoms. The molecule has 0 aromatic carbocycles. The normalized spacial score (nSPS) is 15.1. The van der Waals surface area contributed by atoms with Gasteiger partial charge in [0.15, 0.2) is 0 Å². The highest BCUT2D eigenvalue weighted by atomic mass is 32.1. The number of thiazole rings is 1. The van der Waals surface area contributed by atoms with Crippen LogP contribution in [-0.4, -0.2) is 24.1 Å². The van der Waals surface area contributed by atoms with Gasteiger partial charge in [-0.15, -0.1) is 11.3 Å². The summed E-state index contributed by atoms with van der Waals surface area (Å²) in [5.41, 5.74) is 0. The van der Waals surface area contributed by atoms with Crippen molar-refractivity contribution in [2.45, 2.75) is 39.3 Å². The third-order valence-corrected chi connectivity index (χ3v) is 3.46. The maximum absolute atomic E-state index is 4.28. The summed E-state index contributed by atoms with van der Waals surface area (Å²) in [7, 11) is 0. The molecule has 0 aliphatic heterocycles. The Kier molecular flexibility index (Phi) is 5.83. The highest BCUT2D eigenvalue weighted by molar-refractivity contribution is 7.09. The molecule has 2 atom stereocenters. The fourth-order valence-electron chi connectivity index (χ4n) is 1.29. The first-order valence-corrected chi connectivity index (χ1v) is 6.48. The second-order valence-corrected chi connectivity index (χ2v) is 4.74. The van der Waals surface area contributed by atoms with Gasteiger partial charge in [-0.3, -0.25) is 0 Å². The number of aromatic nitrogens is 1. The summed E-state index contributed by atoms with van der Waals surface area (Å²) >= 11 is 1.71. The van der Waals surface area contributed by atoms with Gasteiger partial charge in [-0.2, -0.15) is 0 Å². The maximum atomic E-state index is 4.28. The zero-order chi connectivity index (χ0) is 11.1. The van der Waals surface area contributed by atoms with Crippen LogP contribution < -0.4 is 10.6 Å². The van der Waals surface area contributed by atoms with Gasteiger partial charge in [0.25, 0.3) is 0 Å². The van der Waals surface area contributed by atoms with Crippen LogP contribution in [-0.2, 0) is 0 Å². The lowest BCUT2D eigenvalue weighted by Crippen LogP contribution is -2.33. The van der Waals surface area contributed by atoms with Crippen molar-refractivity contribution >= 4 is 11.3 Å². The lowest BCUT2D eigenvalue weighted by Gasteiger charge is -2.14. The predicted octanol–water partition coefficient (Wildman–Crippen LogP) is 2.18. The van der Waals surface area contributed by atoms with Crippen LogP contribution in [0.2, 0.25) is 0 Å². The molecule has 0 saturated carbocycles. The highest BCUT2D eigenvalue weighted by Crippen LogP contribution is 2.13. The first-order valence-electron chi connectivity index (χ1n) is 5.60. The Bertz CT molecular complexity index is 248. The molecule has 86 valence electrons. The van der Waals surface area contributed by atoms with Crippen LogP contribution in [0.3, 0.4) is 0 Å². The third kappa shape index (κ3) is 4.73. The van der Waals surface area contributed by atoms with Gasteiger partial charge in [0.2, 0.25) is 0 Å². The summed E-state index contributed by atoms with van der Waals surface area (Å²) in [4.78, 5) is 4.28. The number of nitrogens with one attached hydrogen (secondary N) is 2. The molecule has 0 amide bonds. The SMILES string of the molecule is CCC(C)NCCNC(C)c1nccs1. The molecule has 0 aliphatic rings. The Hall–Kier alpha value is -0.450. The molecule has 1 heterocycles. The largest absolute Gasteiger partial charge is 0.313 e. The second-order valence-electron chi connectivity index (χ2n) is 3.81. The lowest BCUT2D eigenvalue weighted by molar-refractivity contribution is 0.493.